The molecular weight excluding hydrogens is 468 g/mol. The summed E-state index contributed by atoms with van der Waals surface area (Å²) in [5.41, 5.74) is 1.14. The van der Waals surface area contributed by atoms with Crippen LogP contribution in [0.4, 0.5) is 0 Å². The van der Waals surface area contributed by atoms with E-state index >= 15 is 0 Å². The molecule has 0 radical (unpaired) electrons. The molecule has 2 N–H and O–H groups in total. The predicted molar refractivity (Wildman–Crippen MR) is 132 cm³/mol. The van der Waals surface area contributed by atoms with Crippen LogP contribution in [0.15, 0.2) is 77.7 Å². The number of rotatable bonds is 13. The van der Waals surface area contributed by atoms with Crippen LogP contribution in [0, 0.1) is 0 Å². The van der Waals surface area contributed by atoms with Gasteiger partial charge in [-0.05, 0) is 78.5 Å². The van der Waals surface area contributed by atoms with E-state index in [-0.39, 0.29) is 29.8 Å². The summed E-state index contributed by atoms with van der Waals surface area (Å²) in [7, 11) is 0. The average molecular weight is 495 g/mol. The number of carboxylic acid groups (broad SMARTS) is 2. The van der Waals surface area contributed by atoms with Gasteiger partial charge in [0.2, 0.25) is 0 Å². The number of hydrogen-bond acceptors (Lipinski definition) is 5. The van der Waals surface area contributed by atoms with Gasteiger partial charge in [-0.15, -0.1) is 0 Å². The largest absolute Gasteiger partial charge is 0.611 e. The number of aromatic carboxylic acids is 1. The second-order valence-electron chi connectivity index (χ2n) is 7.85. The minimum Gasteiger partial charge on any atom is -0.611 e. The minimum absolute atomic E-state index is 0.00935. The van der Waals surface area contributed by atoms with Crippen LogP contribution in [0.3, 0.4) is 0 Å². The van der Waals surface area contributed by atoms with Gasteiger partial charge >= 0.3 is 11.9 Å². The molecule has 182 valence electrons. The molecule has 0 saturated heterocycles. The first kappa shape index (κ1) is 26.0. The highest BCUT2D eigenvalue weighted by Crippen LogP contribution is 2.24. The molecule has 1 unspecified atom stereocenters. The summed E-state index contributed by atoms with van der Waals surface area (Å²) in [6, 6.07) is 19.8. The molecule has 0 aliphatic rings. The number of ketones is 1. The Balaban J connectivity index is 1.65. The first-order valence-corrected chi connectivity index (χ1v) is 12.5. The van der Waals surface area contributed by atoms with E-state index in [0.29, 0.717) is 42.1 Å². The Morgan fingerprint density at radius 1 is 0.829 bits per heavy atom. The van der Waals surface area contributed by atoms with Gasteiger partial charge in [0.25, 0.3) is 0 Å². The number of aliphatic carboxylic acids is 1. The highest BCUT2D eigenvalue weighted by Gasteiger charge is 2.16. The van der Waals surface area contributed by atoms with Crippen molar-refractivity contribution in [3.05, 3.63) is 95.1 Å². The summed E-state index contributed by atoms with van der Waals surface area (Å²) in [4.78, 5) is 36.0. The second-order valence-corrected chi connectivity index (χ2v) is 9.42. The van der Waals surface area contributed by atoms with E-state index in [0.717, 1.165) is 4.90 Å². The Kier molecular flexibility index (Phi) is 9.46. The van der Waals surface area contributed by atoms with Crippen LogP contribution in [0.2, 0.25) is 0 Å². The molecule has 0 heterocycles. The third-order valence-corrected chi connectivity index (χ3v) is 6.75. The normalized spacial score (nSPS) is 11.6. The van der Waals surface area contributed by atoms with E-state index in [1.54, 1.807) is 18.2 Å². The fraction of sp³-hybridized carbons (Fsp3) is 0.222. The number of carbonyl (C=O) groups excluding carboxylic acids is 1. The lowest BCUT2D eigenvalue weighted by atomic mass is 9.98. The van der Waals surface area contributed by atoms with Crippen molar-refractivity contribution < 1.29 is 33.9 Å². The third kappa shape index (κ3) is 7.70. The monoisotopic (exact) mass is 494 g/mol. The molecule has 0 amide bonds. The molecule has 0 aromatic heterocycles. The fourth-order valence-corrected chi connectivity index (χ4v) is 4.63. The van der Waals surface area contributed by atoms with Gasteiger partial charge in [-0.25, -0.2) is 4.79 Å². The third-order valence-electron chi connectivity index (χ3n) is 5.29. The molecule has 3 aromatic carbocycles. The summed E-state index contributed by atoms with van der Waals surface area (Å²) >= 11 is -1.07. The van der Waals surface area contributed by atoms with Crippen LogP contribution < -0.4 is 4.74 Å². The van der Waals surface area contributed by atoms with E-state index in [4.69, 9.17) is 9.84 Å². The predicted octanol–water partition coefficient (Wildman–Crippen LogP) is 4.60. The van der Waals surface area contributed by atoms with Crippen molar-refractivity contribution in [2.24, 2.45) is 0 Å². The molecule has 35 heavy (non-hydrogen) atoms. The van der Waals surface area contributed by atoms with Gasteiger partial charge in [0.1, 0.15) is 11.5 Å². The van der Waals surface area contributed by atoms with Gasteiger partial charge in [-0.1, -0.05) is 30.3 Å². The van der Waals surface area contributed by atoms with Gasteiger partial charge in [-0.3, -0.25) is 9.59 Å². The molecule has 1 atom stereocenters. The van der Waals surface area contributed by atoms with Crippen LogP contribution in [0.1, 0.15) is 51.1 Å². The fourth-order valence-electron chi connectivity index (χ4n) is 3.47. The van der Waals surface area contributed by atoms with Crippen LogP contribution in [-0.4, -0.2) is 44.8 Å². The Labute approximate surface area is 206 Å². The maximum Gasteiger partial charge on any atom is 0.335 e. The molecule has 3 aromatic rings. The highest BCUT2D eigenvalue weighted by atomic mass is 32.2. The number of hydrogen-bond donors (Lipinski definition) is 2. The zero-order valence-electron chi connectivity index (χ0n) is 19.0. The van der Waals surface area contributed by atoms with Crippen molar-refractivity contribution in [1.82, 2.24) is 0 Å². The van der Waals surface area contributed by atoms with E-state index < -0.39 is 23.1 Å². The number of benzene rings is 3. The van der Waals surface area contributed by atoms with Crippen molar-refractivity contribution >= 4 is 28.9 Å². The highest BCUT2D eigenvalue weighted by molar-refractivity contribution is 7.91. The SMILES string of the molecule is O=C(O)CCc1cc(C(=O)c2cccc(C(=O)O)c2)ccc1OCCCC[S+]([O-])c1ccccc1. The molecule has 0 saturated carbocycles. The van der Waals surface area contributed by atoms with Gasteiger partial charge < -0.3 is 19.5 Å². The van der Waals surface area contributed by atoms with E-state index in [1.807, 2.05) is 30.3 Å². The van der Waals surface area contributed by atoms with Crippen LogP contribution in [-0.2, 0) is 22.4 Å². The van der Waals surface area contributed by atoms with Crippen molar-refractivity contribution in [3.63, 3.8) is 0 Å². The standard InChI is InChI=1S/C27H26O7S/c28-25(29)14-12-19-17-21(26(30)20-7-6-8-22(18-20)27(31)32)11-13-24(19)34-15-4-5-16-35(33)23-9-2-1-3-10-23/h1-3,6-11,13,17-18H,4-5,12,14-16H2,(H,28,29)(H,31,32). The Morgan fingerprint density at radius 2 is 1.54 bits per heavy atom. The first-order valence-electron chi connectivity index (χ1n) is 11.1. The minimum atomic E-state index is -1.13. The van der Waals surface area contributed by atoms with E-state index in [1.165, 1.54) is 24.3 Å². The number of unbranched alkanes of at least 4 members (excludes halogenated alkanes) is 1. The summed E-state index contributed by atoms with van der Waals surface area (Å²) in [6.07, 6.45) is 1.42. The molecule has 8 heteroatoms. The Hall–Kier alpha value is -3.62. The van der Waals surface area contributed by atoms with Gasteiger partial charge in [0.05, 0.1) is 12.2 Å². The number of carboxylic acids is 2. The summed E-state index contributed by atoms with van der Waals surface area (Å²) in [5, 5.41) is 18.3. The summed E-state index contributed by atoms with van der Waals surface area (Å²) < 4.78 is 18.2. The zero-order chi connectivity index (χ0) is 25.2. The van der Waals surface area contributed by atoms with Crippen molar-refractivity contribution in [3.8, 4) is 5.75 Å². The van der Waals surface area contributed by atoms with Gasteiger partial charge in [0.15, 0.2) is 10.7 Å². The van der Waals surface area contributed by atoms with Gasteiger partial charge in [-0.2, -0.15) is 0 Å². The van der Waals surface area contributed by atoms with Crippen LogP contribution >= 0.6 is 0 Å². The van der Waals surface area contributed by atoms with Gasteiger partial charge in [0, 0.05) is 17.5 Å². The Bertz CT molecular complexity index is 1180. The average Bonchev–Trinajstić information content (AvgIpc) is 2.87. The second kappa shape index (κ2) is 12.7. The van der Waals surface area contributed by atoms with Crippen molar-refractivity contribution in [1.29, 1.82) is 0 Å². The Morgan fingerprint density at radius 3 is 2.26 bits per heavy atom. The maximum atomic E-state index is 12.9. The number of aryl methyl sites for hydroxylation is 1. The number of carbonyl (C=O) groups is 3. The quantitative estimate of drug-likeness (QED) is 0.202. The van der Waals surface area contributed by atoms with E-state index in [2.05, 4.69) is 0 Å². The lowest BCUT2D eigenvalue weighted by Gasteiger charge is -2.14. The molecule has 0 bridgehead atoms. The van der Waals surface area contributed by atoms with Crippen LogP contribution in [0.5, 0.6) is 5.75 Å². The first-order chi connectivity index (χ1) is 16.8. The van der Waals surface area contributed by atoms with E-state index in [9.17, 15) is 24.0 Å². The van der Waals surface area contributed by atoms with Crippen molar-refractivity contribution in [2.75, 3.05) is 12.4 Å². The lowest BCUT2D eigenvalue weighted by Crippen LogP contribution is -2.09. The lowest BCUT2D eigenvalue weighted by molar-refractivity contribution is -0.136. The molecule has 0 spiro atoms. The molecule has 0 aliphatic heterocycles. The molecular formula is C27H26O7S. The number of ether oxygens (including phenoxy) is 1. The summed E-state index contributed by atoms with van der Waals surface area (Å²) in [5.74, 6) is -1.45. The maximum absolute atomic E-state index is 12.9. The summed E-state index contributed by atoms with van der Waals surface area (Å²) in [6.45, 7) is 0.361. The molecule has 0 aliphatic carbocycles. The zero-order valence-corrected chi connectivity index (χ0v) is 19.8. The topological polar surface area (TPSA) is 124 Å². The van der Waals surface area contributed by atoms with Crippen molar-refractivity contribution in [2.45, 2.75) is 30.6 Å². The molecule has 0 fully saturated rings. The molecule has 3 rings (SSSR count). The van der Waals surface area contributed by atoms with Crippen LogP contribution in [0.25, 0.3) is 0 Å². The smallest absolute Gasteiger partial charge is 0.335 e. The molecule has 7 nitrogen and oxygen atoms in total.